The number of carbonyl (C=O) groups is 2. The van der Waals surface area contributed by atoms with E-state index in [4.69, 9.17) is 9.47 Å². The number of hydrogen-bond acceptors (Lipinski definition) is 7. The standard InChI is InChI=1S/C23H24N2O6S2/c1-2-30-23(27)21-13-16-12-17(7-10-20(16)32-21)25-22(26)15-5-8-19(9-6-15)33(28,29)24-14-18-4-3-11-31-18/h5-10,12-13,18,24H,2-4,11,14H2,1H3,(H,25,26). The molecule has 1 saturated heterocycles. The molecule has 174 valence electrons. The van der Waals surface area contributed by atoms with Gasteiger partial charge in [0.2, 0.25) is 10.0 Å². The molecule has 3 aromatic rings. The summed E-state index contributed by atoms with van der Waals surface area (Å²) < 4.78 is 38.9. The molecule has 0 spiro atoms. The van der Waals surface area contributed by atoms with Crippen LogP contribution in [0.3, 0.4) is 0 Å². The summed E-state index contributed by atoms with van der Waals surface area (Å²) in [6.45, 7) is 2.94. The molecule has 0 radical (unpaired) electrons. The topological polar surface area (TPSA) is 111 Å². The number of sulfonamides is 1. The lowest BCUT2D eigenvalue weighted by molar-refractivity contribution is 0.0532. The van der Waals surface area contributed by atoms with Gasteiger partial charge >= 0.3 is 5.97 Å². The van der Waals surface area contributed by atoms with E-state index in [-0.39, 0.29) is 29.4 Å². The van der Waals surface area contributed by atoms with E-state index in [2.05, 4.69) is 10.0 Å². The van der Waals surface area contributed by atoms with Crippen LogP contribution in [0.2, 0.25) is 0 Å². The minimum atomic E-state index is -3.68. The van der Waals surface area contributed by atoms with Crippen LogP contribution in [-0.4, -0.2) is 46.2 Å². The van der Waals surface area contributed by atoms with Crippen molar-refractivity contribution >= 4 is 49.0 Å². The van der Waals surface area contributed by atoms with Gasteiger partial charge in [-0.1, -0.05) is 0 Å². The summed E-state index contributed by atoms with van der Waals surface area (Å²) in [4.78, 5) is 25.2. The van der Waals surface area contributed by atoms with E-state index in [0.29, 0.717) is 29.3 Å². The van der Waals surface area contributed by atoms with Crippen LogP contribution in [0.1, 0.15) is 39.8 Å². The number of ether oxygens (including phenoxy) is 2. The Labute approximate surface area is 195 Å². The highest BCUT2D eigenvalue weighted by Gasteiger charge is 2.20. The number of nitrogens with one attached hydrogen (secondary N) is 2. The van der Waals surface area contributed by atoms with Gasteiger partial charge in [0.05, 0.1) is 17.6 Å². The molecule has 4 rings (SSSR count). The Kier molecular flexibility index (Phi) is 7.08. The summed E-state index contributed by atoms with van der Waals surface area (Å²) in [6, 6.07) is 12.8. The van der Waals surface area contributed by atoms with E-state index in [1.807, 2.05) is 6.07 Å². The summed E-state index contributed by atoms with van der Waals surface area (Å²) in [5.41, 5.74) is 0.890. The molecule has 1 amide bonds. The van der Waals surface area contributed by atoms with E-state index in [1.54, 1.807) is 25.1 Å². The van der Waals surface area contributed by atoms with Crippen LogP contribution in [0.4, 0.5) is 5.69 Å². The number of hydrogen-bond donors (Lipinski definition) is 2. The minimum absolute atomic E-state index is 0.0863. The van der Waals surface area contributed by atoms with Crippen molar-refractivity contribution < 1.29 is 27.5 Å². The number of anilines is 1. The van der Waals surface area contributed by atoms with Crippen LogP contribution in [0.25, 0.3) is 10.1 Å². The number of rotatable bonds is 8. The molecule has 1 fully saturated rings. The first-order valence-corrected chi connectivity index (χ1v) is 12.9. The predicted octanol–water partition coefficient (Wildman–Crippen LogP) is 3.79. The van der Waals surface area contributed by atoms with E-state index in [9.17, 15) is 18.0 Å². The molecule has 1 unspecified atom stereocenters. The molecule has 1 aromatic heterocycles. The molecule has 2 heterocycles. The Bertz CT molecular complexity index is 1260. The molecule has 1 atom stereocenters. The van der Waals surface area contributed by atoms with Gasteiger partial charge in [0.25, 0.3) is 5.91 Å². The van der Waals surface area contributed by atoms with Crippen LogP contribution >= 0.6 is 11.3 Å². The molecule has 2 N–H and O–H groups in total. The molecule has 33 heavy (non-hydrogen) atoms. The van der Waals surface area contributed by atoms with Crippen LogP contribution in [0.5, 0.6) is 0 Å². The molecule has 0 saturated carbocycles. The maximum Gasteiger partial charge on any atom is 0.348 e. The molecule has 1 aliphatic rings. The van der Waals surface area contributed by atoms with Crippen LogP contribution in [-0.2, 0) is 19.5 Å². The first kappa shape index (κ1) is 23.4. The monoisotopic (exact) mass is 488 g/mol. The summed E-state index contributed by atoms with van der Waals surface area (Å²) >= 11 is 1.33. The van der Waals surface area contributed by atoms with Crippen LogP contribution in [0.15, 0.2) is 53.4 Å². The van der Waals surface area contributed by atoms with Crippen molar-refractivity contribution in [2.45, 2.75) is 30.8 Å². The van der Waals surface area contributed by atoms with Crippen molar-refractivity contribution in [1.29, 1.82) is 0 Å². The highest BCUT2D eigenvalue weighted by Crippen LogP contribution is 2.29. The fraction of sp³-hybridized carbons (Fsp3) is 0.304. The number of amides is 1. The SMILES string of the molecule is CCOC(=O)c1cc2cc(NC(=O)c3ccc(S(=O)(=O)NCC4CCCO4)cc3)ccc2s1. The smallest absolute Gasteiger partial charge is 0.348 e. The van der Waals surface area contributed by atoms with Crippen molar-refractivity contribution in [3.63, 3.8) is 0 Å². The zero-order valence-electron chi connectivity index (χ0n) is 18.0. The second kappa shape index (κ2) is 10.0. The lowest BCUT2D eigenvalue weighted by atomic mass is 10.2. The molecule has 0 bridgehead atoms. The number of fused-ring (bicyclic) bond motifs is 1. The lowest BCUT2D eigenvalue weighted by Gasteiger charge is -2.12. The summed E-state index contributed by atoms with van der Waals surface area (Å²) in [5, 5.41) is 3.62. The highest BCUT2D eigenvalue weighted by molar-refractivity contribution is 7.89. The average molecular weight is 489 g/mol. The zero-order valence-corrected chi connectivity index (χ0v) is 19.6. The van der Waals surface area contributed by atoms with Gasteiger partial charge in [0.1, 0.15) is 4.88 Å². The Hall–Kier alpha value is -2.79. The van der Waals surface area contributed by atoms with Gasteiger partial charge in [-0.05, 0) is 73.7 Å². The third-order valence-electron chi connectivity index (χ3n) is 5.20. The Morgan fingerprint density at radius 1 is 1.15 bits per heavy atom. The van der Waals surface area contributed by atoms with Crippen molar-refractivity contribution in [1.82, 2.24) is 4.72 Å². The molecule has 1 aliphatic heterocycles. The first-order chi connectivity index (χ1) is 15.9. The van der Waals surface area contributed by atoms with E-state index in [0.717, 1.165) is 22.9 Å². The van der Waals surface area contributed by atoms with Gasteiger partial charge in [-0.2, -0.15) is 0 Å². The van der Waals surface area contributed by atoms with Gasteiger partial charge in [-0.3, -0.25) is 4.79 Å². The quantitative estimate of drug-likeness (QED) is 0.467. The van der Waals surface area contributed by atoms with Crippen LogP contribution < -0.4 is 10.0 Å². The van der Waals surface area contributed by atoms with E-state index in [1.165, 1.54) is 35.6 Å². The van der Waals surface area contributed by atoms with Crippen molar-refractivity contribution in [3.05, 3.63) is 59.0 Å². The van der Waals surface area contributed by atoms with Gasteiger partial charge in [0, 0.05) is 29.1 Å². The fourth-order valence-corrected chi connectivity index (χ4v) is 5.51. The third-order valence-corrected chi connectivity index (χ3v) is 7.74. The first-order valence-electron chi connectivity index (χ1n) is 10.6. The lowest BCUT2D eigenvalue weighted by Crippen LogP contribution is -2.31. The van der Waals surface area contributed by atoms with Crippen molar-refractivity contribution in [3.8, 4) is 0 Å². The number of esters is 1. The maximum atomic E-state index is 12.6. The number of carbonyl (C=O) groups excluding carboxylic acids is 2. The van der Waals surface area contributed by atoms with Crippen molar-refractivity contribution in [2.75, 3.05) is 25.1 Å². The van der Waals surface area contributed by atoms with Crippen molar-refractivity contribution in [2.24, 2.45) is 0 Å². The van der Waals surface area contributed by atoms with Gasteiger partial charge in [-0.15, -0.1) is 11.3 Å². The molecular weight excluding hydrogens is 464 g/mol. The molecule has 0 aliphatic carbocycles. The second-order valence-corrected chi connectivity index (χ2v) is 10.4. The number of benzene rings is 2. The average Bonchev–Trinajstić information content (AvgIpc) is 3.48. The molecule has 10 heteroatoms. The van der Waals surface area contributed by atoms with Crippen LogP contribution in [0, 0.1) is 0 Å². The molecule has 8 nitrogen and oxygen atoms in total. The Balaban J connectivity index is 1.41. The third kappa shape index (κ3) is 5.59. The van der Waals surface area contributed by atoms with Gasteiger partial charge in [0.15, 0.2) is 0 Å². The minimum Gasteiger partial charge on any atom is -0.462 e. The van der Waals surface area contributed by atoms with Gasteiger partial charge in [-0.25, -0.2) is 17.9 Å². The number of thiophene rings is 1. The second-order valence-electron chi connectivity index (χ2n) is 7.55. The van der Waals surface area contributed by atoms with E-state index < -0.39 is 10.0 Å². The zero-order chi connectivity index (χ0) is 23.4. The Morgan fingerprint density at radius 3 is 2.64 bits per heavy atom. The molecule has 2 aromatic carbocycles. The maximum absolute atomic E-state index is 12.6. The van der Waals surface area contributed by atoms with E-state index >= 15 is 0 Å². The summed E-state index contributed by atoms with van der Waals surface area (Å²) in [6.07, 6.45) is 1.67. The summed E-state index contributed by atoms with van der Waals surface area (Å²) in [7, 11) is -3.68. The fourth-order valence-electron chi connectivity index (χ4n) is 3.50. The van der Waals surface area contributed by atoms with Gasteiger partial charge < -0.3 is 14.8 Å². The highest BCUT2D eigenvalue weighted by atomic mass is 32.2. The normalized spacial score (nSPS) is 16.1. The predicted molar refractivity (Wildman–Crippen MR) is 126 cm³/mol. The largest absolute Gasteiger partial charge is 0.462 e. The molecular formula is C23H24N2O6S2. The summed E-state index contributed by atoms with van der Waals surface area (Å²) in [5.74, 6) is -0.740. The Morgan fingerprint density at radius 2 is 1.94 bits per heavy atom.